The van der Waals surface area contributed by atoms with Crippen LogP contribution < -0.4 is 10.1 Å². The lowest BCUT2D eigenvalue weighted by molar-refractivity contribution is 0.204. The van der Waals surface area contributed by atoms with Gasteiger partial charge in [-0.3, -0.25) is 5.10 Å². The Kier molecular flexibility index (Phi) is 4.50. The highest BCUT2D eigenvalue weighted by molar-refractivity contribution is 6.00. The Hall–Kier alpha value is -4.01. The smallest absolute Gasteiger partial charge is 0.322 e. The van der Waals surface area contributed by atoms with E-state index >= 15 is 0 Å². The Morgan fingerprint density at radius 3 is 2.65 bits per heavy atom. The van der Waals surface area contributed by atoms with Gasteiger partial charge in [0.25, 0.3) is 0 Å². The van der Waals surface area contributed by atoms with Crippen molar-refractivity contribution in [3.63, 3.8) is 0 Å². The van der Waals surface area contributed by atoms with Gasteiger partial charge in [-0.05, 0) is 41.5 Å². The molecule has 0 fully saturated rings. The van der Waals surface area contributed by atoms with Crippen LogP contribution in [0.5, 0.6) is 5.88 Å². The van der Waals surface area contributed by atoms with Crippen LogP contribution in [0.3, 0.4) is 0 Å². The molecule has 0 unspecified atom stereocenters. The molecule has 7 nitrogen and oxygen atoms in total. The van der Waals surface area contributed by atoms with Crippen LogP contribution in [-0.4, -0.2) is 33.2 Å². The number of aromatic nitrogens is 3. The van der Waals surface area contributed by atoms with E-state index < -0.39 is 11.6 Å². The largest absolute Gasteiger partial charge is 0.481 e. The van der Waals surface area contributed by atoms with Crippen molar-refractivity contribution in [3.05, 3.63) is 71.4 Å². The maximum Gasteiger partial charge on any atom is 0.322 e. The van der Waals surface area contributed by atoms with Crippen LogP contribution in [-0.2, 0) is 13.1 Å². The van der Waals surface area contributed by atoms with Crippen LogP contribution in [0, 0.1) is 11.6 Å². The van der Waals surface area contributed by atoms with Gasteiger partial charge in [-0.25, -0.2) is 18.6 Å². The Labute approximate surface area is 175 Å². The van der Waals surface area contributed by atoms with E-state index in [9.17, 15) is 13.6 Å². The molecule has 2 amide bonds. The first-order chi connectivity index (χ1) is 15.0. The normalized spacial score (nSPS) is 13.3. The second kappa shape index (κ2) is 7.35. The predicted octanol–water partition coefficient (Wildman–Crippen LogP) is 4.46. The average molecular weight is 421 g/mol. The van der Waals surface area contributed by atoms with Gasteiger partial charge < -0.3 is 15.0 Å². The van der Waals surface area contributed by atoms with Crippen LogP contribution in [0.4, 0.5) is 19.3 Å². The first-order valence-electron chi connectivity index (χ1n) is 9.52. The van der Waals surface area contributed by atoms with Gasteiger partial charge in [0.2, 0.25) is 5.88 Å². The Morgan fingerprint density at radius 2 is 1.94 bits per heavy atom. The number of benzene rings is 2. The highest BCUT2D eigenvalue weighted by Gasteiger charge is 2.24. The number of ether oxygens (including phenoxy) is 1. The zero-order valence-electron chi connectivity index (χ0n) is 16.4. The summed E-state index contributed by atoms with van der Waals surface area (Å²) in [4.78, 5) is 18.3. The van der Waals surface area contributed by atoms with Gasteiger partial charge in [-0.1, -0.05) is 0 Å². The minimum atomic E-state index is -0.675. The third-order valence-corrected chi connectivity index (χ3v) is 5.19. The summed E-state index contributed by atoms with van der Waals surface area (Å²) in [5.41, 5.74) is 4.23. The number of aromatic amines is 1. The molecule has 4 aromatic rings. The van der Waals surface area contributed by atoms with Crippen LogP contribution in [0.1, 0.15) is 11.1 Å². The zero-order valence-corrected chi connectivity index (χ0v) is 16.4. The number of hydrogen-bond donors (Lipinski definition) is 2. The number of nitrogens with zero attached hydrogens (tertiary/aromatic N) is 3. The van der Waals surface area contributed by atoms with Crippen molar-refractivity contribution in [1.82, 2.24) is 20.1 Å². The summed E-state index contributed by atoms with van der Waals surface area (Å²) in [7, 11) is 1.55. The molecule has 0 saturated heterocycles. The van der Waals surface area contributed by atoms with Gasteiger partial charge in [-0.15, -0.1) is 0 Å². The maximum atomic E-state index is 13.5. The van der Waals surface area contributed by atoms with Gasteiger partial charge in [0, 0.05) is 48.1 Å². The van der Waals surface area contributed by atoms with E-state index in [1.165, 1.54) is 17.0 Å². The lowest BCUT2D eigenvalue weighted by atomic mass is 10.0. The molecule has 0 radical (unpaired) electrons. The third-order valence-electron chi connectivity index (χ3n) is 5.19. The summed E-state index contributed by atoms with van der Waals surface area (Å²) in [5.74, 6) is -0.843. The predicted molar refractivity (Wildman–Crippen MR) is 111 cm³/mol. The number of anilines is 1. The molecule has 2 aromatic carbocycles. The molecule has 1 aliphatic rings. The number of carbonyl (C=O) groups excluding carboxylic acids is 1. The van der Waals surface area contributed by atoms with Gasteiger partial charge in [0.05, 0.1) is 12.6 Å². The molecule has 2 N–H and O–H groups in total. The molecule has 0 saturated carbocycles. The van der Waals surface area contributed by atoms with Crippen molar-refractivity contribution < 1.29 is 18.3 Å². The molecule has 2 aromatic heterocycles. The highest BCUT2D eigenvalue weighted by atomic mass is 19.1. The second-order valence-electron chi connectivity index (χ2n) is 7.28. The van der Waals surface area contributed by atoms with Crippen LogP contribution in [0.25, 0.3) is 22.2 Å². The highest BCUT2D eigenvalue weighted by Crippen LogP contribution is 2.33. The number of rotatable bonds is 4. The summed E-state index contributed by atoms with van der Waals surface area (Å²) < 4.78 is 32.2. The number of carbonyl (C=O) groups is 1. The molecule has 0 spiro atoms. The average Bonchev–Trinajstić information content (AvgIpc) is 3.15. The maximum absolute atomic E-state index is 13.5. The Morgan fingerprint density at radius 1 is 1.13 bits per heavy atom. The number of methoxy groups -OCH3 is 1. The standard InChI is InChI=1S/C22H17F2N5O2/c1-31-20-3-2-13(9-25-20)21-17-6-14-11-29(10-12-4-15(23)7-16(24)5-12)22(30)26-18(14)8-19(17)27-28-21/h2-9H,10-11H2,1H3,(H,26,30)(H,27,28). The molecular formula is C22H17F2N5O2. The zero-order chi connectivity index (χ0) is 21.5. The number of hydrogen-bond acceptors (Lipinski definition) is 4. The van der Waals surface area contributed by atoms with E-state index in [0.717, 1.165) is 33.8 Å². The van der Waals surface area contributed by atoms with E-state index in [2.05, 4.69) is 20.5 Å². The van der Waals surface area contributed by atoms with Crippen LogP contribution in [0.2, 0.25) is 0 Å². The van der Waals surface area contributed by atoms with E-state index in [4.69, 9.17) is 4.74 Å². The van der Waals surface area contributed by atoms with Crippen LogP contribution >= 0.6 is 0 Å². The van der Waals surface area contributed by atoms with Crippen LogP contribution in [0.15, 0.2) is 48.7 Å². The molecule has 5 rings (SSSR count). The number of nitrogens with one attached hydrogen (secondary N) is 2. The number of fused-ring (bicyclic) bond motifs is 2. The molecule has 9 heteroatoms. The summed E-state index contributed by atoms with van der Waals surface area (Å²) in [6.45, 7) is 0.374. The fourth-order valence-electron chi connectivity index (χ4n) is 3.74. The molecular weight excluding hydrogens is 404 g/mol. The first kappa shape index (κ1) is 19.0. The van der Waals surface area contributed by atoms with Crippen molar-refractivity contribution in [3.8, 4) is 17.1 Å². The van der Waals surface area contributed by atoms with Crippen molar-refractivity contribution >= 4 is 22.6 Å². The molecule has 31 heavy (non-hydrogen) atoms. The summed E-state index contributed by atoms with van der Waals surface area (Å²) in [5, 5.41) is 11.1. The van der Waals surface area contributed by atoms with E-state index in [0.29, 0.717) is 23.7 Å². The van der Waals surface area contributed by atoms with Gasteiger partial charge in [-0.2, -0.15) is 5.10 Å². The van der Waals surface area contributed by atoms with Crippen molar-refractivity contribution in [2.24, 2.45) is 0 Å². The van der Waals surface area contributed by atoms with E-state index in [-0.39, 0.29) is 12.6 Å². The monoisotopic (exact) mass is 421 g/mol. The van der Waals surface area contributed by atoms with E-state index in [1.807, 2.05) is 18.2 Å². The number of pyridine rings is 1. The van der Waals surface area contributed by atoms with Crippen molar-refractivity contribution in [2.75, 3.05) is 12.4 Å². The molecule has 3 heterocycles. The van der Waals surface area contributed by atoms with Crippen molar-refractivity contribution in [2.45, 2.75) is 13.1 Å². The molecule has 0 atom stereocenters. The Balaban J connectivity index is 1.48. The number of halogens is 2. The van der Waals surface area contributed by atoms with E-state index in [1.54, 1.807) is 19.4 Å². The molecule has 0 aliphatic carbocycles. The number of urea groups is 1. The minimum absolute atomic E-state index is 0.0820. The topological polar surface area (TPSA) is 83.1 Å². The Bertz CT molecular complexity index is 1280. The molecule has 1 aliphatic heterocycles. The first-order valence-corrected chi connectivity index (χ1v) is 9.52. The lowest BCUT2D eigenvalue weighted by Crippen LogP contribution is -2.38. The van der Waals surface area contributed by atoms with Crippen molar-refractivity contribution in [1.29, 1.82) is 0 Å². The van der Waals surface area contributed by atoms with Gasteiger partial charge in [0.1, 0.15) is 17.3 Å². The summed E-state index contributed by atoms with van der Waals surface area (Å²) in [6.07, 6.45) is 1.68. The summed E-state index contributed by atoms with van der Waals surface area (Å²) in [6, 6.07) is 10.3. The molecule has 0 bridgehead atoms. The summed E-state index contributed by atoms with van der Waals surface area (Å²) >= 11 is 0. The number of amides is 2. The lowest BCUT2D eigenvalue weighted by Gasteiger charge is -2.29. The fraction of sp³-hybridized carbons (Fsp3) is 0.136. The minimum Gasteiger partial charge on any atom is -0.481 e. The SMILES string of the molecule is COc1ccc(-c2n[nH]c3cc4c(cc23)CN(Cc2cc(F)cc(F)c2)C(=O)N4)cn1. The second-order valence-corrected chi connectivity index (χ2v) is 7.28. The van der Waals surface area contributed by atoms with Gasteiger partial charge >= 0.3 is 6.03 Å². The number of H-pyrrole nitrogens is 1. The fourth-order valence-corrected chi connectivity index (χ4v) is 3.74. The third kappa shape index (κ3) is 3.54. The quantitative estimate of drug-likeness (QED) is 0.510. The molecule has 156 valence electrons. The van der Waals surface area contributed by atoms with Gasteiger partial charge in [0.15, 0.2) is 0 Å².